The molecule has 2 aromatic heterocycles. The largest absolute Gasteiger partial charge is 0.435 e. The minimum Gasteiger partial charge on any atom is -0.435 e. The van der Waals surface area contributed by atoms with Gasteiger partial charge >= 0.3 is 0 Å². The Morgan fingerprint density at radius 2 is 2.11 bits per heavy atom. The van der Waals surface area contributed by atoms with Crippen molar-refractivity contribution in [2.75, 3.05) is 5.73 Å². The lowest BCUT2D eigenvalue weighted by Gasteiger charge is -2.09. The summed E-state index contributed by atoms with van der Waals surface area (Å²) in [5, 5.41) is 4.22. The zero-order valence-electron chi connectivity index (χ0n) is 11.7. The maximum atomic E-state index is 5.85. The van der Waals surface area contributed by atoms with Gasteiger partial charge in [0.15, 0.2) is 5.75 Å². The molecule has 0 spiro atoms. The molecule has 0 radical (unpaired) electrons. The van der Waals surface area contributed by atoms with Gasteiger partial charge in [-0.25, -0.2) is 4.98 Å². The first-order valence-electron chi connectivity index (χ1n) is 6.36. The normalized spacial score (nSPS) is 11.0. The number of ether oxygens (including phenoxy) is 1. The molecule has 0 aliphatic rings. The molecule has 0 bridgehead atoms. The number of aryl methyl sites for hydroxylation is 1. The molecule has 0 saturated heterocycles. The summed E-state index contributed by atoms with van der Waals surface area (Å²) in [6.45, 7) is 7.93. The second kappa shape index (κ2) is 5.26. The molecule has 0 aliphatic heterocycles. The third-order valence-electron chi connectivity index (χ3n) is 2.82. The predicted octanol–water partition coefficient (Wildman–Crippen LogP) is 2.50. The highest BCUT2D eigenvalue weighted by Gasteiger charge is 2.11. The van der Waals surface area contributed by atoms with E-state index in [9.17, 15) is 0 Å². The third kappa shape index (κ3) is 2.83. The highest BCUT2D eigenvalue weighted by Crippen LogP contribution is 2.26. The number of nitrogens with two attached hydrogens (primary N) is 1. The summed E-state index contributed by atoms with van der Waals surface area (Å²) in [5.41, 5.74) is 6.60. The van der Waals surface area contributed by atoms with Crippen LogP contribution in [0.15, 0.2) is 12.4 Å². The van der Waals surface area contributed by atoms with Crippen LogP contribution in [0.2, 0.25) is 0 Å². The smallest absolute Gasteiger partial charge is 0.227 e. The number of hydrogen-bond donors (Lipinski definition) is 1. The minimum atomic E-state index is 0.292. The molecule has 0 aliphatic carbocycles. The summed E-state index contributed by atoms with van der Waals surface area (Å²) in [6.07, 6.45) is 4.23. The molecule has 2 aromatic rings. The molecule has 0 unspecified atom stereocenters. The van der Waals surface area contributed by atoms with Gasteiger partial charge in [0.1, 0.15) is 11.6 Å². The fourth-order valence-corrected chi connectivity index (χ4v) is 1.58. The van der Waals surface area contributed by atoms with E-state index in [-0.39, 0.29) is 0 Å². The molecule has 0 atom stereocenters. The van der Waals surface area contributed by atoms with Crippen molar-refractivity contribution < 1.29 is 4.74 Å². The third-order valence-corrected chi connectivity index (χ3v) is 2.82. The molecule has 0 amide bonds. The van der Waals surface area contributed by atoms with Crippen molar-refractivity contribution in [3.05, 3.63) is 23.8 Å². The standard InChI is InChI=1S/C13H19N5O/c1-5-11-16-12(14)9(4)13(17-11)19-10-6-15-18(7-10)8(2)3/h6-8H,5H2,1-4H3,(H2,14,16,17). The molecule has 0 fully saturated rings. The highest BCUT2D eigenvalue weighted by molar-refractivity contribution is 5.45. The van der Waals surface area contributed by atoms with Crippen molar-refractivity contribution in [3.63, 3.8) is 0 Å². The molecular formula is C13H19N5O. The summed E-state index contributed by atoms with van der Waals surface area (Å²) in [7, 11) is 0. The van der Waals surface area contributed by atoms with Gasteiger partial charge in [0, 0.05) is 12.5 Å². The lowest BCUT2D eigenvalue weighted by atomic mass is 10.3. The SMILES string of the molecule is CCc1nc(N)c(C)c(Oc2cnn(C(C)C)c2)n1. The Labute approximate surface area is 112 Å². The fraction of sp³-hybridized carbons (Fsp3) is 0.462. The summed E-state index contributed by atoms with van der Waals surface area (Å²) in [5.74, 6) is 2.28. The first-order chi connectivity index (χ1) is 9.01. The monoisotopic (exact) mass is 261 g/mol. The Morgan fingerprint density at radius 1 is 1.37 bits per heavy atom. The van der Waals surface area contributed by atoms with Crippen LogP contribution in [0.4, 0.5) is 5.82 Å². The van der Waals surface area contributed by atoms with Gasteiger partial charge in [-0.05, 0) is 20.8 Å². The van der Waals surface area contributed by atoms with Crippen molar-refractivity contribution in [1.82, 2.24) is 19.7 Å². The zero-order chi connectivity index (χ0) is 14.0. The van der Waals surface area contributed by atoms with Gasteiger partial charge in [0.05, 0.1) is 18.0 Å². The van der Waals surface area contributed by atoms with E-state index in [1.165, 1.54) is 0 Å². The Morgan fingerprint density at radius 3 is 2.68 bits per heavy atom. The molecule has 2 heterocycles. The molecular weight excluding hydrogens is 242 g/mol. The Balaban J connectivity index is 2.29. The van der Waals surface area contributed by atoms with E-state index in [0.29, 0.717) is 35.7 Å². The highest BCUT2D eigenvalue weighted by atomic mass is 16.5. The van der Waals surface area contributed by atoms with Crippen molar-refractivity contribution in [3.8, 4) is 11.6 Å². The van der Waals surface area contributed by atoms with E-state index < -0.39 is 0 Å². The molecule has 0 aromatic carbocycles. The number of nitrogen functional groups attached to an aromatic ring is 1. The van der Waals surface area contributed by atoms with Crippen LogP contribution >= 0.6 is 0 Å². The molecule has 2 N–H and O–H groups in total. The Bertz CT molecular complexity index is 576. The predicted molar refractivity (Wildman–Crippen MR) is 73.2 cm³/mol. The lowest BCUT2D eigenvalue weighted by molar-refractivity contribution is 0.452. The lowest BCUT2D eigenvalue weighted by Crippen LogP contribution is -2.04. The molecule has 2 rings (SSSR count). The quantitative estimate of drug-likeness (QED) is 0.914. The van der Waals surface area contributed by atoms with Crippen LogP contribution in [0, 0.1) is 6.92 Å². The van der Waals surface area contributed by atoms with Crippen molar-refractivity contribution in [1.29, 1.82) is 0 Å². The van der Waals surface area contributed by atoms with Crippen LogP contribution in [0.3, 0.4) is 0 Å². The minimum absolute atomic E-state index is 0.292. The van der Waals surface area contributed by atoms with Crippen LogP contribution < -0.4 is 10.5 Å². The van der Waals surface area contributed by atoms with Crippen LogP contribution in [-0.2, 0) is 6.42 Å². The molecule has 19 heavy (non-hydrogen) atoms. The summed E-state index contributed by atoms with van der Waals surface area (Å²) in [6, 6.07) is 0.292. The fourth-order valence-electron chi connectivity index (χ4n) is 1.58. The average molecular weight is 261 g/mol. The second-order valence-electron chi connectivity index (χ2n) is 4.66. The van der Waals surface area contributed by atoms with Gasteiger partial charge < -0.3 is 10.5 Å². The summed E-state index contributed by atoms with van der Waals surface area (Å²) >= 11 is 0. The van der Waals surface area contributed by atoms with E-state index in [4.69, 9.17) is 10.5 Å². The number of hydrogen-bond acceptors (Lipinski definition) is 5. The van der Waals surface area contributed by atoms with E-state index >= 15 is 0 Å². The second-order valence-corrected chi connectivity index (χ2v) is 4.66. The van der Waals surface area contributed by atoms with Crippen LogP contribution in [0.1, 0.15) is 38.2 Å². The van der Waals surface area contributed by atoms with E-state index in [0.717, 1.165) is 5.56 Å². The maximum Gasteiger partial charge on any atom is 0.227 e. The van der Waals surface area contributed by atoms with E-state index in [2.05, 4.69) is 28.9 Å². The first kappa shape index (κ1) is 13.3. The number of anilines is 1. The van der Waals surface area contributed by atoms with E-state index in [1.54, 1.807) is 6.20 Å². The van der Waals surface area contributed by atoms with Crippen LogP contribution in [0.5, 0.6) is 11.6 Å². The molecule has 102 valence electrons. The van der Waals surface area contributed by atoms with Gasteiger partial charge in [0.2, 0.25) is 5.88 Å². The molecule has 6 heteroatoms. The Hall–Kier alpha value is -2.11. The zero-order valence-corrected chi connectivity index (χ0v) is 11.7. The summed E-state index contributed by atoms with van der Waals surface area (Å²) in [4.78, 5) is 8.54. The van der Waals surface area contributed by atoms with Gasteiger partial charge in [-0.2, -0.15) is 10.1 Å². The van der Waals surface area contributed by atoms with Crippen LogP contribution in [0.25, 0.3) is 0 Å². The maximum absolute atomic E-state index is 5.85. The first-order valence-corrected chi connectivity index (χ1v) is 6.36. The average Bonchev–Trinajstić information content (AvgIpc) is 2.83. The Kier molecular flexibility index (Phi) is 3.69. The number of aromatic nitrogens is 4. The van der Waals surface area contributed by atoms with Crippen LogP contribution in [-0.4, -0.2) is 19.7 Å². The van der Waals surface area contributed by atoms with E-state index in [1.807, 2.05) is 24.7 Å². The number of nitrogens with zero attached hydrogens (tertiary/aromatic N) is 4. The topological polar surface area (TPSA) is 78.9 Å². The van der Waals surface area contributed by atoms with Crippen molar-refractivity contribution >= 4 is 5.82 Å². The molecule has 6 nitrogen and oxygen atoms in total. The van der Waals surface area contributed by atoms with Gasteiger partial charge in [0.25, 0.3) is 0 Å². The summed E-state index contributed by atoms with van der Waals surface area (Å²) < 4.78 is 7.58. The van der Waals surface area contributed by atoms with Crippen molar-refractivity contribution in [2.45, 2.75) is 40.2 Å². The van der Waals surface area contributed by atoms with Gasteiger partial charge in [-0.3, -0.25) is 4.68 Å². The van der Waals surface area contributed by atoms with Gasteiger partial charge in [-0.1, -0.05) is 6.92 Å². The molecule has 0 saturated carbocycles. The number of rotatable bonds is 4. The van der Waals surface area contributed by atoms with Crippen molar-refractivity contribution in [2.24, 2.45) is 0 Å². The van der Waals surface area contributed by atoms with Gasteiger partial charge in [-0.15, -0.1) is 0 Å².